The number of benzene rings is 2. The minimum atomic E-state index is -3.87. The van der Waals surface area contributed by atoms with Crippen LogP contribution in [0.2, 0.25) is 5.02 Å². The third-order valence-electron chi connectivity index (χ3n) is 5.09. The maximum atomic E-state index is 12.9. The number of sulfonamides is 1. The zero-order valence-electron chi connectivity index (χ0n) is 16.9. The molecule has 0 aromatic heterocycles. The lowest BCUT2D eigenvalue weighted by Gasteiger charge is -2.19. The molecule has 0 saturated carbocycles. The highest BCUT2D eigenvalue weighted by Gasteiger charge is 2.24. The number of hydrogen-bond acceptors (Lipinski definition) is 4. The number of halogens is 1. The molecule has 0 aliphatic carbocycles. The van der Waals surface area contributed by atoms with Crippen LogP contribution in [0.4, 0.5) is 0 Å². The third kappa shape index (κ3) is 5.82. The second-order valence-electron chi connectivity index (χ2n) is 7.36. The summed E-state index contributed by atoms with van der Waals surface area (Å²) < 4.78 is 33.5. The second kappa shape index (κ2) is 10.4. The molecule has 8 heteroatoms. The van der Waals surface area contributed by atoms with E-state index in [0.29, 0.717) is 6.61 Å². The summed E-state index contributed by atoms with van der Waals surface area (Å²) in [6.07, 6.45) is 3.27. The number of nitrogens with one attached hydrogen (secondary N) is 2. The number of hydrogen-bond donors (Lipinski definition) is 2. The molecule has 6 nitrogen and oxygen atoms in total. The van der Waals surface area contributed by atoms with Crippen molar-refractivity contribution in [2.45, 2.75) is 49.6 Å². The zero-order chi connectivity index (χ0) is 21.6. The van der Waals surface area contributed by atoms with Crippen LogP contribution in [0.5, 0.6) is 0 Å². The molecule has 0 bridgehead atoms. The highest BCUT2D eigenvalue weighted by Crippen LogP contribution is 2.24. The Labute approximate surface area is 183 Å². The molecule has 0 spiro atoms. The molecular formula is C22H27ClN2O4S. The molecule has 1 amide bonds. The number of amides is 1. The highest BCUT2D eigenvalue weighted by atomic mass is 35.5. The van der Waals surface area contributed by atoms with Gasteiger partial charge in [-0.25, -0.2) is 13.1 Å². The van der Waals surface area contributed by atoms with Gasteiger partial charge in [-0.2, -0.15) is 0 Å². The summed E-state index contributed by atoms with van der Waals surface area (Å²) >= 11 is 6.15. The molecule has 0 radical (unpaired) electrons. The van der Waals surface area contributed by atoms with Crippen LogP contribution in [0.15, 0.2) is 53.4 Å². The zero-order valence-corrected chi connectivity index (χ0v) is 18.5. The van der Waals surface area contributed by atoms with Gasteiger partial charge in [-0.3, -0.25) is 4.79 Å². The van der Waals surface area contributed by atoms with Gasteiger partial charge in [-0.05, 0) is 43.0 Å². The molecule has 30 heavy (non-hydrogen) atoms. The van der Waals surface area contributed by atoms with E-state index >= 15 is 0 Å². The Morgan fingerprint density at radius 1 is 1.23 bits per heavy atom. The fourth-order valence-corrected chi connectivity index (χ4v) is 5.06. The normalized spacial score (nSPS) is 17.6. The average molecular weight is 451 g/mol. The first-order valence-corrected chi connectivity index (χ1v) is 12.0. The van der Waals surface area contributed by atoms with Crippen LogP contribution in [0, 0.1) is 0 Å². The molecule has 1 aliphatic heterocycles. The Kier molecular flexibility index (Phi) is 7.88. The molecule has 1 aliphatic rings. The smallest absolute Gasteiger partial charge is 0.251 e. The molecule has 2 aromatic rings. The Balaban J connectivity index is 1.76. The molecule has 1 saturated heterocycles. The lowest BCUT2D eigenvalue weighted by molar-refractivity contribution is 0.0934. The largest absolute Gasteiger partial charge is 0.377 e. The van der Waals surface area contributed by atoms with Crippen LogP contribution in [-0.4, -0.2) is 33.6 Å². The standard InChI is InChI=1S/C22H27ClN2O4S/c1-2-7-20(16-8-4-3-5-9-16)25-22(26)17-11-12-19(23)21(14-17)30(27,28)24-15-18-10-6-13-29-18/h3-5,8-9,11-12,14,18,20,24H,2,6-7,10,13,15H2,1H3,(H,25,26). The summed E-state index contributed by atoms with van der Waals surface area (Å²) in [5.74, 6) is -0.343. The fourth-order valence-electron chi connectivity index (χ4n) is 3.47. The van der Waals surface area contributed by atoms with Crippen LogP contribution in [0.1, 0.15) is 54.6 Å². The summed E-state index contributed by atoms with van der Waals surface area (Å²) in [7, 11) is -3.87. The van der Waals surface area contributed by atoms with Crippen LogP contribution in [0.25, 0.3) is 0 Å². The Hall–Kier alpha value is -1.93. The number of ether oxygens (including phenoxy) is 1. The first-order valence-electron chi connectivity index (χ1n) is 10.2. The van der Waals surface area contributed by atoms with E-state index < -0.39 is 10.0 Å². The number of carbonyl (C=O) groups is 1. The SMILES string of the molecule is CCCC(NC(=O)c1ccc(Cl)c(S(=O)(=O)NCC2CCCO2)c1)c1ccccc1. The van der Waals surface area contributed by atoms with E-state index in [0.717, 1.165) is 31.2 Å². The predicted octanol–water partition coefficient (Wildman–Crippen LogP) is 4.07. The average Bonchev–Trinajstić information content (AvgIpc) is 3.26. The van der Waals surface area contributed by atoms with E-state index in [9.17, 15) is 13.2 Å². The van der Waals surface area contributed by atoms with Crippen LogP contribution < -0.4 is 10.0 Å². The third-order valence-corrected chi connectivity index (χ3v) is 7.00. The van der Waals surface area contributed by atoms with Gasteiger partial charge in [0, 0.05) is 18.7 Å². The molecule has 1 heterocycles. The van der Waals surface area contributed by atoms with Gasteiger partial charge in [-0.1, -0.05) is 55.3 Å². The number of rotatable bonds is 9. The van der Waals surface area contributed by atoms with Gasteiger partial charge < -0.3 is 10.1 Å². The maximum Gasteiger partial charge on any atom is 0.251 e. The summed E-state index contributed by atoms with van der Waals surface area (Å²) in [6, 6.07) is 13.8. The van der Waals surface area contributed by atoms with Crippen LogP contribution >= 0.6 is 11.6 Å². The van der Waals surface area contributed by atoms with Gasteiger partial charge in [0.15, 0.2) is 0 Å². The van der Waals surface area contributed by atoms with E-state index in [1.165, 1.54) is 18.2 Å². The summed E-state index contributed by atoms with van der Waals surface area (Å²) in [6.45, 7) is 2.87. The molecule has 2 aromatic carbocycles. The monoisotopic (exact) mass is 450 g/mol. The molecule has 2 unspecified atom stereocenters. The quantitative estimate of drug-likeness (QED) is 0.603. The maximum absolute atomic E-state index is 12.9. The molecule has 1 fully saturated rings. The van der Waals surface area contributed by atoms with Crippen molar-refractivity contribution in [2.75, 3.05) is 13.2 Å². The summed E-state index contributed by atoms with van der Waals surface area (Å²) in [5, 5.41) is 3.08. The molecule has 3 rings (SSSR count). The van der Waals surface area contributed by atoms with Crippen molar-refractivity contribution in [2.24, 2.45) is 0 Å². The Morgan fingerprint density at radius 3 is 2.67 bits per heavy atom. The van der Waals surface area contributed by atoms with Gasteiger partial charge in [-0.15, -0.1) is 0 Å². The number of carbonyl (C=O) groups excluding carboxylic acids is 1. The van der Waals surface area contributed by atoms with E-state index in [4.69, 9.17) is 16.3 Å². The fraction of sp³-hybridized carbons (Fsp3) is 0.409. The van der Waals surface area contributed by atoms with Crippen molar-refractivity contribution in [3.05, 3.63) is 64.7 Å². The summed E-state index contributed by atoms with van der Waals surface area (Å²) in [5.41, 5.74) is 1.25. The minimum Gasteiger partial charge on any atom is -0.377 e. The van der Waals surface area contributed by atoms with Crippen molar-refractivity contribution >= 4 is 27.5 Å². The first-order chi connectivity index (χ1) is 14.4. The van der Waals surface area contributed by atoms with Crippen molar-refractivity contribution in [3.63, 3.8) is 0 Å². The van der Waals surface area contributed by atoms with Gasteiger partial charge >= 0.3 is 0 Å². The van der Waals surface area contributed by atoms with Crippen molar-refractivity contribution in [1.82, 2.24) is 10.0 Å². The van der Waals surface area contributed by atoms with E-state index in [1.54, 1.807) is 0 Å². The van der Waals surface area contributed by atoms with Crippen molar-refractivity contribution < 1.29 is 17.9 Å². The lowest BCUT2D eigenvalue weighted by Crippen LogP contribution is -2.32. The predicted molar refractivity (Wildman–Crippen MR) is 117 cm³/mol. The van der Waals surface area contributed by atoms with Gasteiger partial charge in [0.05, 0.1) is 17.2 Å². The minimum absolute atomic E-state index is 0.0690. The van der Waals surface area contributed by atoms with Gasteiger partial charge in [0.1, 0.15) is 4.90 Å². The Morgan fingerprint density at radius 2 is 2.00 bits per heavy atom. The van der Waals surface area contributed by atoms with E-state index in [1.807, 2.05) is 30.3 Å². The van der Waals surface area contributed by atoms with Gasteiger partial charge in [0.25, 0.3) is 5.91 Å². The van der Waals surface area contributed by atoms with E-state index in [2.05, 4.69) is 17.0 Å². The van der Waals surface area contributed by atoms with Crippen LogP contribution in [-0.2, 0) is 14.8 Å². The molecule has 162 valence electrons. The first kappa shape index (κ1) is 22.7. The molecule has 2 N–H and O–H groups in total. The van der Waals surface area contributed by atoms with E-state index in [-0.39, 0.29) is 40.1 Å². The Bertz CT molecular complexity index is 960. The van der Waals surface area contributed by atoms with Crippen molar-refractivity contribution in [1.29, 1.82) is 0 Å². The lowest BCUT2D eigenvalue weighted by atomic mass is 10.0. The summed E-state index contributed by atoms with van der Waals surface area (Å²) in [4.78, 5) is 12.8. The van der Waals surface area contributed by atoms with Crippen LogP contribution in [0.3, 0.4) is 0 Å². The van der Waals surface area contributed by atoms with Crippen molar-refractivity contribution in [3.8, 4) is 0 Å². The molecule has 2 atom stereocenters. The van der Waals surface area contributed by atoms with Gasteiger partial charge in [0.2, 0.25) is 10.0 Å². The highest BCUT2D eigenvalue weighted by molar-refractivity contribution is 7.89. The topological polar surface area (TPSA) is 84.5 Å². The second-order valence-corrected chi connectivity index (χ2v) is 9.50. The molecular weight excluding hydrogens is 424 g/mol.